The number of halogens is 3. The van der Waals surface area contributed by atoms with Gasteiger partial charge in [-0.15, -0.1) is 0 Å². The van der Waals surface area contributed by atoms with Gasteiger partial charge in [0.2, 0.25) is 10.0 Å². The molecule has 0 spiro atoms. The van der Waals surface area contributed by atoms with Crippen LogP contribution in [0.25, 0.3) is 10.8 Å². The maximum atomic E-state index is 13.3. The van der Waals surface area contributed by atoms with Crippen molar-refractivity contribution >= 4 is 30.9 Å². The van der Waals surface area contributed by atoms with Crippen molar-refractivity contribution in [1.29, 1.82) is 0 Å². The molecule has 36 heavy (non-hydrogen) atoms. The average molecular weight is 536 g/mol. The zero-order valence-electron chi connectivity index (χ0n) is 18.8. The zero-order chi connectivity index (χ0) is 26.1. The van der Waals surface area contributed by atoms with Gasteiger partial charge in [-0.05, 0) is 42.8 Å². The Morgan fingerprint density at radius 1 is 0.778 bits per heavy atom. The molecule has 0 aromatic heterocycles. The summed E-state index contributed by atoms with van der Waals surface area (Å²) in [6.45, 7) is 1.21. The van der Waals surface area contributed by atoms with Gasteiger partial charge in [-0.3, -0.25) is 0 Å². The lowest BCUT2D eigenvalue weighted by molar-refractivity contribution is -0.138. The van der Waals surface area contributed by atoms with E-state index in [0.717, 1.165) is 11.6 Å². The monoisotopic (exact) mass is 535 g/mol. The first-order chi connectivity index (χ1) is 16.9. The summed E-state index contributed by atoms with van der Waals surface area (Å²) < 4.78 is 99.1. The minimum absolute atomic E-state index is 0.0705. The average Bonchev–Trinajstić information content (AvgIpc) is 2.82. The predicted molar refractivity (Wildman–Crippen MR) is 128 cm³/mol. The Morgan fingerprint density at radius 3 is 2.11 bits per heavy atom. The van der Waals surface area contributed by atoms with Gasteiger partial charge >= 0.3 is 16.3 Å². The lowest BCUT2D eigenvalue weighted by Gasteiger charge is -2.15. The maximum absolute atomic E-state index is 13.3. The van der Waals surface area contributed by atoms with Crippen LogP contribution in [0.1, 0.15) is 16.7 Å². The molecular weight excluding hydrogens is 515 g/mol. The third kappa shape index (κ3) is 5.38. The molecule has 0 radical (unpaired) electrons. The molecular formula is C25H20F3NO5S2. The maximum Gasteiger partial charge on any atom is 0.416 e. The molecule has 11 heteroatoms. The molecule has 0 fully saturated rings. The van der Waals surface area contributed by atoms with E-state index in [1.807, 2.05) is 0 Å². The molecule has 0 heterocycles. The molecule has 4 rings (SSSR count). The van der Waals surface area contributed by atoms with Crippen LogP contribution in [0.3, 0.4) is 0 Å². The summed E-state index contributed by atoms with van der Waals surface area (Å²) in [5.74, 6) is -0.0902. The fourth-order valence-electron chi connectivity index (χ4n) is 3.63. The molecule has 188 valence electrons. The zero-order valence-corrected chi connectivity index (χ0v) is 20.4. The molecule has 0 saturated carbocycles. The molecule has 1 N–H and O–H groups in total. The normalized spacial score (nSPS) is 12.6. The first kappa shape index (κ1) is 25.7. The Hall–Kier alpha value is -3.41. The van der Waals surface area contributed by atoms with E-state index in [1.54, 1.807) is 19.1 Å². The highest BCUT2D eigenvalue weighted by molar-refractivity contribution is 7.89. The van der Waals surface area contributed by atoms with Crippen LogP contribution in [-0.4, -0.2) is 16.8 Å². The lowest BCUT2D eigenvalue weighted by atomic mass is 10.1. The minimum Gasteiger partial charge on any atom is -0.378 e. The van der Waals surface area contributed by atoms with Gasteiger partial charge in [-0.25, -0.2) is 13.1 Å². The molecule has 0 saturated heterocycles. The van der Waals surface area contributed by atoms with E-state index in [0.29, 0.717) is 0 Å². The van der Waals surface area contributed by atoms with E-state index >= 15 is 0 Å². The fraction of sp³-hybridized carbons (Fsp3) is 0.120. The second-order valence-electron chi connectivity index (χ2n) is 7.94. The lowest BCUT2D eigenvalue weighted by Crippen LogP contribution is -2.25. The van der Waals surface area contributed by atoms with Crippen LogP contribution in [0.15, 0.2) is 94.7 Å². The summed E-state index contributed by atoms with van der Waals surface area (Å²) >= 11 is 0. The molecule has 6 nitrogen and oxygen atoms in total. The van der Waals surface area contributed by atoms with Crippen LogP contribution in [0.2, 0.25) is 0 Å². The number of alkyl halides is 3. The van der Waals surface area contributed by atoms with Gasteiger partial charge in [-0.2, -0.15) is 21.6 Å². The highest BCUT2D eigenvalue weighted by atomic mass is 32.2. The van der Waals surface area contributed by atoms with Crippen LogP contribution in [0.4, 0.5) is 13.2 Å². The molecule has 0 aliphatic heterocycles. The summed E-state index contributed by atoms with van der Waals surface area (Å²) in [6.07, 6.45) is -4.64. The summed E-state index contributed by atoms with van der Waals surface area (Å²) in [4.78, 5) is -0.304. The Morgan fingerprint density at radius 2 is 1.42 bits per heavy atom. The van der Waals surface area contributed by atoms with E-state index in [2.05, 4.69) is 4.72 Å². The smallest absolute Gasteiger partial charge is 0.378 e. The number of rotatable bonds is 7. The molecule has 0 unspecified atom stereocenters. The summed E-state index contributed by atoms with van der Waals surface area (Å²) in [5.41, 5.74) is -0.316. The summed E-state index contributed by atoms with van der Waals surface area (Å²) in [6, 6.07) is 19.1. The number of benzene rings is 4. The molecule has 0 aliphatic carbocycles. The quantitative estimate of drug-likeness (QED) is 0.320. The third-order valence-electron chi connectivity index (χ3n) is 5.42. The van der Waals surface area contributed by atoms with Crippen molar-refractivity contribution < 1.29 is 34.2 Å². The van der Waals surface area contributed by atoms with Crippen molar-refractivity contribution in [2.45, 2.75) is 29.4 Å². The topological polar surface area (TPSA) is 89.5 Å². The van der Waals surface area contributed by atoms with E-state index in [4.69, 9.17) is 4.18 Å². The van der Waals surface area contributed by atoms with Crippen molar-refractivity contribution in [2.24, 2.45) is 0 Å². The minimum atomic E-state index is -4.64. The molecule has 4 aromatic carbocycles. The second-order valence-corrected chi connectivity index (χ2v) is 11.2. The number of sulfonamides is 1. The van der Waals surface area contributed by atoms with Crippen molar-refractivity contribution in [3.8, 4) is 5.75 Å². The number of fused-ring (bicyclic) bond motifs is 1. The van der Waals surface area contributed by atoms with Crippen molar-refractivity contribution in [3.05, 3.63) is 102 Å². The standard InChI is InChI=1S/C25H20F3NO5S2/c1-17-12-14-19(15-13-17)36(32,33)34-23-10-4-8-21-20(23)7-5-11-24(21)35(30,31)29-16-18-6-2-3-9-22(18)25(26,27)28/h2-15,29H,16H2,1H3. The Balaban J connectivity index is 1.68. The highest BCUT2D eigenvalue weighted by Crippen LogP contribution is 2.34. The van der Waals surface area contributed by atoms with Crippen LogP contribution in [0.5, 0.6) is 5.75 Å². The van der Waals surface area contributed by atoms with Crippen LogP contribution in [0, 0.1) is 6.92 Å². The number of nitrogens with one attached hydrogen (secondary N) is 1. The Labute approximate surface area is 206 Å². The van der Waals surface area contributed by atoms with Crippen molar-refractivity contribution in [3.63, 3.8) is 0 Å². The van der Waals surface area contributed by atoms with E-state index in [9.17, 15) is 30.0 Å². The van der Waals surface area contributed by atoms with E-state index < -0.39 is 38.4 Å². The van der Waals surface area contributed by atoms with Gasteiger partial charge < -0.3 is 4.18 Å². The molecule has 0 amide bonds. The number of hydrogen-bond acceptors (Lipinski definition) is 5. The van der Waals surface area contributed by atoms with Gasteiger partial charge in [0, 0.05) is 17.3 Å². The van der Waals surface area contributed by atoms with Gasteiger partial charge in [0.15, 0.2) is 5.75 Å². The molecule has 0 aliphatic rings. The van der Waals surface area contributed by atoms with Gasteiger partial charge in [0.1, 0.15) is 4.90 Å². The van der Waals surface area contributed by atoms with Crippen molar-refractivity contribution in [2.75, 3.05) is 0 Å². The second kappa shape index (κ2) is 9.57. The van der Waals surface area contributed by atoms with E-state index in [-0.39, 0.29) is 31.9 Å². The molecule has 4 aromatic rings. The number of aryl methyl sites for hydroxylation is 1. The molecule has 0 atom stereocenters. The SMILES string of the molecule is Cc1ccc(S(=O)(=O)Oc2cccc3c(S(=O)(=O)NCc4ccccc4C(F)(F)F)cccc23)cc1. The largest absolute Gasteiger partial charge is 0.416 e. The number of hydrogen-bond donors (Lipinski definition) is 1. The van der Waals surface area contributed by atoms with Crippen LogP contribution >= 0.6 is 0 Å². The first-order valence-corrected chi connectivity index (χ1v) is 13.5. The molecule has 0 bridgehead atoms. The van der Waals surface area contributed by atoms with E-state index in [1.165, 1.54) is 66.7 Å². The summed E-state index contributed by atoms with van der Waals surface area (Å²) in [5, 5.41) is 0.345. The Kier molecular flexibility index (Phi) is 6.82. The Bertz CT molecular complexity index is 1630. The van der Waals surface area contributed by atoms with Gasteiger partial charge in [-0.1, -0.05) is 60.2 Å². The van der Waals surface area contributed by atoms with Crippen LogP contribution in [-0.2, 0) is 32.9 Å². The van der Waals surface area contributed by atoms with Gasteiger partial charge in [0.25, 0.3) is 0 Å². The van der Waals surface area contributed by atoms with Gasteiger partial charge in [0.05, 0.1) is 10.5 Å². The first-order valence-electron chi connectivity index (χ1n) is 10.6. The van der Waals surface area contributed by atoms with Crippen LogP contribution < -0.4 is 8.91 Å². The highest BCUT2D eigenvalue weighted by Gasteiger charge is 2.33. The predicted octanol–water partition coefficient (Wildman–Crippen LogP) is 5.41. The van der Waals surface area contributed by atoms with Crippen molar-refractivity contribution in [1.82, 2.24) is 4.72 Å². The fourth-order valence-corrected chi connectivity index (χ4v) is 5.81. The third-order valence-corrected chi connectivity index (χ3v) is 8.12. The summed E-state index contributed by atoms with van der Waals surface area (Å²) in [7, 11) is -8.49.